The maximum absolute atomic E-state index is 13.2. The fraction of sp³-hybridized carbons (Fsp3) is 0.375. The van der Waals surface area contributed by atoms with Crippen LogP contribution in [0, 0.1) is 0 Å². The molecule has 72 valence electrons. The van der Waals surface area contributed by atoms with E-state index in [1.165, 1.54) is 12.3 Å². The van der Waals surface area contributed by atoms with Crippen LogP contribution in [0.15, 0.2) is 18.3 Å². The minimum atomic E-state index is -2.92. The van der Waals surface area contributed by atoms with E-state index in [0.29, 0.717) is 0 Å². The van der Waals surface area contributed by atoms with Crippen molar-refractivity contribution >= 4 is 11.6 Å². The Morgan fingerprint density at radius 2 is 2.23 bits per heavy atom. The molecular weight excluding hydrogens is 198 g/mol. The monoisotopic (exact) mass is 206 g/mol. The van der Waals surface area contributed by atoms with Crippen molar-refractivity contribution in [3.05, 3.63) is 29.0 Å². The van der Waals surface area contributed by atoms with Crippen molar-refractivity contribution in [1.29, 1.82) is 0 Å². The fourth-order valence-corrected chi connectivity index (χ4v) is 1.13. The number of nitrogens with two attached hydrogens (primary N) is 1. The highest BCUT2D eigenvalue weighted by atomic mass is 35.5. The molecule has 0 aliphatic rings. The zero-order valence-corrected chi connectivity index (χ0v) is 7.56. The molecule has 0 aliphatic heterocycles. The molecule has 13 heavy (non-hydrogen) atoms. The molecule has 0 radical (unpaired) electrons. The van der Waals surface area contributed by atoms with Crippen LogP contribution in [0.2, 0.25) is 5.15 Å². The molecule has 5 heteroatoms. The van der Waals surface area contributed by atoms with Crippen LogP contribution in [0.4, 0.5) is 8.78 Å². The zero-order valence-electron chi connectivity index (χ0n) is 6.80. The minimum Gasteiger partial charge on any atom is -0.330 e. The second kappa shape index (κ2) is 3.98. The van der Waals surface area contributed by atoms with Gasteiger partial charge in [-0.3, -0.25) is 0 Å². The van der Waals surface area contributed by atoms with Crippen molar-refractivity contribution in [3.8, 4) is 0 Å². The number of halogens is 3. The Morgan fingerprint density at radius 1 is 1.54 bits per heavy atom. The molecule has 0 atom stereocenters. The highest BCUT2D eigenvalue weighted by Crippen LogP contribution is 2.31. The van der Waals surface area contributed by atoms with Gasteiger partial charge in [0, 0.05) is 18.2 Å². The predicted octanol–water partition coefficient (Wildman–Crippen LogP) is 2.18. The Bertz CT molecular complexity index is 291. The first-order valence-electron chi connectivity index (χ1n) is 3.76. The molecule has 1 aromatic heterocycles. The number of pyridine rings is 1. The van der Waals surface area contributed by atoms with Gasteiger partial charge in [0.1, 0.15) is 5.15 Å². The minimum absolute atomic E-state index is 0.0626. The highest BCUT2D eigenvalue weighted by Gasteiger charge is 2.30. The third-order valence-electron chi connectivity index (χ3n) is 1.61. The third-order valence-corrected chi connectivity index (χ3v) is 1.81. The quantitative estimate of drug-likeness (QED) is 0.770. The molecule has 0 aromatic carbocycles. The summed E-state index contributed by atoms with van der Waals surface area (Å²) < 4.78 is 26.3. The van der Waals surface area contributed by atoms with Gasteiger partial charge in [-0.15, -0.1) is 0 Å². The van der Waals surface area contributed by atoms with Gasteiger partial charge in [0.25, 0.3) is 5.92 Å². The van der Waals surface area contributed by atoms with Crippen molar-refractivity contribution in [3.63, 3.8) is 0 Å². The van der Waals surface area contributed by atoms with Gasteiger partial charge in [-0.1, -0.05) is 11.6 Å². The summed E-state index contributed by atoms with van der Waals surface area (Å²) in [6.45, 7) is -0.0626. The number of hydrogen-bond donors (Lipinski definition) is 1. The number of hydrogen-bond acceptors (Lipinski definition) is 2. The van der Waals surface area contributed by atoms with Gasteiger partial charge >= 0.3 is 0 Å². The average Bonchev–Trinajstić information content (AvgIpc) is 2.04. The average molecular weight is 207 g/mol. The highest BCUT2D eigenvalue weighted by molar-refractivity contribution is 6.29. The van der Waals surface area contributed by atoms with E-state index in [1.54, 1.807) is 0 Å². The second-order valence-electron chi connectivity index (χ2n) is 2.61. The first-order valence-corrected chi connectivity index (χ1v) is 4.14. The van der Waals surface area contributed by atoms with Gasteiger partial charge < -0.3 is 5.73 Å². The van der Waals surface area contributed by atoms with Crippen LogP contribution in [0.3, 0.4) is 0 Å². The summed E-state index contributed by atoms with van der Waals surface area (Å²) in [5.41, 5.74) is 4.92. The molecule has 1 aromatic rings. The number of alkyl halides is 2. The maximum atomic E-state index is 13.2. The molecule has 0 unspecified atom stereocenters. The van der Waals surface area contributed by atoms with E-state index in [9.17, 15) is 8.78 Å². The van der Waals surface area contributed by atoms with Crippen LogP contribution < -0.4 is 5.73 Å². The van der Waals surface area contributed by atoms with E-state index in [4.69, 9.17) is 17.3 Å². The van der Waals surface area contributed by atoms with E-state index in [1.807, 2.05) is 0 Å². The Morgan fingerprint density at radius 3 is 2.77 bits per heavy atom. The smallest absolute Gasteiger partial charge is 0.274 e. The van der Waals surface area contributed by atoms with Crippen molar-refractivity contribution in [2.24, 2.45) is 5.73 Å². The van der Waals surface area contributed by atoms with Crippen molar-refractivity contribution < 1.29 is 8.78 Å². The summed E-state index contributed by atoms with van der Waals surface area (Å²) in [7, 11) is 0. The summed E-state index contributed by atoms with van der Waals surface area (Å²) in [5, 5.41) is 0.0641. The van der Waals surface area contributed by atoms with Crippen molar-refractivity contribution in [2.45, 2.75) is 12.3 Å². The molecule has 0 aliphatic carbocycles. The zero-order chi connectivity index (χ0) is 9.90. The fourth-order valence-electron chi connectivity index (χ4n) is 0.956. The van der Waals surface area contributed by atoms with Crippen LogP contribution in [0.25, 0.3) is 0 Å². The van der Waals surface area contributed by atoms with E-state index in [2.05, 4.69) is 4.98 Å². The standard InChI is InChI=1S/C8H9ClF2N2/c9-7-5-6(1-4-13-7)8(10,11)2-3-12/h1,4-5H,2-3,12H2. The topological polar surface area (TPSA) is 38.9 Å². The molecular formula is C8H9ClF2N2. The lowest BCUT2D eigenvalue weighted by atomic mass is 10.1. The summed E-state index contributed by atoms with van der Waals surface area (Å²) >= 11 is 5.48. The second-order valence-corrected chi connectivity index (χ2v) is 3.00. The van der Waals surface area contributed by atoms with Crippen LogP contribution >= 0.6 is 11.6 Å². The van der Waals surface area contributed by atoms with Gasteiger partial charge in [0.2, 0.25) is 0 Å². The lowest BCUT2D eigenvalue weighted by molar-refractivity contribution is -0.0107. The van der Waals surface area contributed by atoms with Gasteiger partial charge in [-0.25, -0.2) is 13.8 Å². The largest absolute Gasteiger partial charge is 0.330 e. The van der Waals surface area contributed by atoms with Gasteiger partial charge in [0.15, 0.2) is 0 Å². The lowest BCUT2D eigenvalue weighted by Crippen LogP contribution is -2.18. The predicted molar refractivity (Wildman–Crippen MR) is 46.8 cm³/mol. The molecule has 2 N–H and O–H groups in total. The molecule has 0 saturated carbocycles. The summed E-state index contributed by atoms with van der Waals surface area (Å²) in [6.07, 6.45) is 0.870. The molecule has 0 spiro atoms. The molecule has 0 bridgehead atoms. The van der Waals surface area contributed by atoms with Gasteiger partial charge in [0.05, 0.1) is 0 Å². The summed E-state index contributed by atoms with van der Waals surface area (Å²) in [5.74, 6) is -2.92. The SMILES string of the molecule is NCCC(F)(F)c1ccnc(Cl)c1. The van der Waals surface area contributed by atoms with Crippen LogP contribution in [-0.4, -0.2) is 11.5 Å². The van der Waals surface area contributed by atoms with E-state index < -0.39 is 5.92 Å². The molecule has 0 fully saturated rings. The van der Waals surface area contributed by atoms with Crippen molar-refractivity contribution in [1.82, 2.24) is 4.98 Å². The van der Waals surface area contributed by atoms with E-state index in [-0.39, 0.29) is 23.7 Å². The van der Waals surface area contributed by atoms with Crippen LogP contribution in [0.5, 0.6) is 0 Å². The maximum Gasteiger partial charge on any atom is 0.274 e. The van der Waals surface area contributed by atoms with Gasteiger partial charge in [-0.05, 0) is 18.7 Å². The summed E-state index contributed by atoms with van der Waals surface area (Å²) in [6, 6.07) is 2.39. The Balaban J connectivity index is 2.93. The Labute approximate surface area is 79.7 Å². The third kappa shape index (κ3) is 2.60. The van der Waals surface area contributed by atoms with Crippen molar-refractivity contribution in [2.75, 3.05) is 6.54 Å². The Hall–Kier alpha value is -0.740. The van der Waals surface area contributed by atoms with E-state index >= 15 is 0 Å². The molecule has 0 saturated heterocycles. The first-order chi connectivity index (χ1) is 6.06. The molecule has 2 nitrogen and oxygen atoms in total. The molecule has 0 amide bonds. The van der Waals surface area contributed by atoms with Crippen LogP contribution in [0.1, 0.15) is 12.0 Å². The normalized spacial score (nSPS) is 11.7. The molecule has 1 heterocycles. The first kappa shape index (κ1) is 10.3. The Kier molecular flexibility index (Phi) is 3.17. The van der Waals surface area contributed by atoms with Crippen LogP contribution in [-0.2, 0) is 5.92 Å². The lowest BCUT2D eigenvalue weighted by Gasteiger charge is -2.15. The number of rotatable bonds is 3. The molecule has 1 rings (SSSR count). The number of nitrogens with zero attached hydrogens (tertiary/aromatic N) is 1. The van der Waals surface area contributed by atoms with Gasteiger partial charge in [-0.2, -0.15) is 0 Å². The summed E-state index contributed by atoms with van der Waals surface area (Å²) in [4.78, 5) is 3.61. The number of aromatic nitrogens is 1. The van der Waals surface area contributed by atoms with E-state index in [0.717, 1.165) is 6.07 Å².